The van der Waals surface area contributed by atoms with E-state index >= 15 is 0 Å². The molecule has 0 radical (unpaired) electrons. The van der Waals surface area contributed by atoms with Crippen molar-refractivity contribution in [2.24, 2.45) is 0 Å². The van der Waals surface area contributed by atoms with Crippen LogP contribution in [0.4, 0.5) is 14.6 Å². The van der Waals surface area contributed by atoms with Gasteiger partial charge in [0.15, 0.2) is 0 Å². The summed E-state index contributed by atoms with van der Waals surface area (Å²) in [7, 11) is 1.52. The van der Waals surface area contributed by atoms with Crippen LogP contribution in [-0.2, 0) is 0 Å². The van der Waals surface area contributed by atoms with E-state index in [0.29, 0.717) is 40.6 Å². The summed E-state index contributed by atoms with van der Waals surface area (Å²) >= 11 is 6.19. The molecule has 0 unspecified atom stereocenters. The fourth-order valence-corrected chi connectivity index (χ4v) is 2.85. The van der Waals surface area contributed by atoms with Crippen LogP contribution in [0.15, 0.2) is 0 Å². The van der Waals surface area contributed by atoms with E-state index in [1.54, 1.807) is 18.7 Å². The van der Waals surface area contributed by atoms with Crippen molar-refractivity contribution in [3.8, 4) is 0 Å². The van der Waals surface area contributed by atoms with E-state index in [0.717, 1.165) is 0 Å². The van der Waals surface area contributed by atoms with E-state index in [1.165, 1.54) is 7.05 Å². The third kappa shape index (κ3) is 3.32. The van der Waals surface area contributed by atoms with E-state index in [-0.39, 0.29) is 25.3 Å². The molecule has 22 heavy (non-hydrogen) atoms. The van der Waals surface area contributed by atoms with Crippen molar-refractivity contribution in [2.45, 2.75) is 39.0 Å². The monoisotopic (exact) mass is 331 g/mol. The standard InChI is InChI=1S/C15H20ClF2N3O/c1-9-11(14(22)19-3)13(20-10(2)12(9)16)21-7-4-5-15(17,18)6-8-21/h4-8H2,1-3H3,(H,19,22). The molecule has 1 saturated heterocycles. The molecule has 1 aromatic heterocycles. The Morgan fingerprint density at radius 1 is 1.32 bits per heavy atom. The number of halogens is 3. The molecule has 2 rings (SSSR count). The molecule has 1 amide bonds. The van der Waals surface area contributed by atoms with Gasteiger partial charge in [-0.15, -0.1) is 0 Å². The molecule has 7 heteroatoms. The number of nitrogens with one attached hydrogen (secondary N) is 1. The molecule has 0 aromatic carbocycles. The number of carbonyl (C=O) groups is 1. The molecule has 0 aliphatic carbocycles. The lowest BCUT2D eigenvalue weighted by Gasteiger charge is -2.25. The van der Waals surface area contributed by atoms with Crippen LogP contribution in [0.3, 0.4) is 0 Å². The van der Waals surface area contributed by atoms with E-state index in [9.17, 15) is 13.6 Å². The normalized spacial score (nSPS) is 18.0. The first-order valence-corrected chi connectivity index (χ1v) is 7.66. The second-order valence-electron chi connectivity index (χ2n) is 5.61. The van der Waals surface area contributed by atoms with Crippen LogP contribution in [-0.4, -0.2) is 37.0 Å². The van der Waals surface area contributed by atoms with Gasteiger partial charge in [-0.1, -0.05) is 11.6 Å². The third-order valence-electron chi connectivity index (χ3n) is 3.99. The van der Waals surface area contributed by atoms with Gasteiger partial charge in [0.05, 0.1) is 16.3 Å². The summed E-state index contributed by atoms with van der Waals surface area (Å²) in [6.07, 6.45) is -0.00443. The van der Waals surface area contributed by atoms with Gasteiger partial charge in [0.2, 0.25) is 5.92 Å². The topological polar surface area (TPSA) is 45.2 Å². The van der Waals surface area contributed by atoms with E-state index in [1.807, 2.05) is 0 Å². The van der Waals surface area contributed by atoms with Crippen molar-refractivity contribution in [1.82, 2.24) is 10.3 Å². The minimum Gasteiger partial charge on any atom is -0.356 e. The van der Waals surface area contributed by atoms with Crippen molar-refractivity contribution in [3.63, 3.8) is 0 Å². The number of carbonyl (C=O) groups excluding carboxylic acids is 1. The molecule has 1 fully saturated rings. The molecular formula is C15H20ClF2N3O. The highest BCUT2D eigenvalue weighted by molar-refractivity contribution is 6.32. The second kappa shape index (κ2) is 6.36. The molecule has 0 spiro atoms. The highest BCUT2D eigenvalue weighted by Crippen LogP contribution is 2.33. The Morgan fingerprint density at radius 3 is 2.64 bits per heavy atom. The molecule has 0 saturated carbocycles. The Morgan fingerprint density at radius 2 is 2.00 bits per heavy atom. The average Bonchev–Trinajstić information content (AvgIpc) is 2.64. The minimum atomic E-state index is -2.65. The number of pyridine rings is 1. The molecule has 1 aromatic rings. The van der Waals surface area contributed by atoms with E-state index in [4.69, 9.17) is 11.6 Å². The lowest BCUT2D eigenvalue weighted by atomic mass is 10.1. The quantitative estimate of drug-likeness (QED) is 0.904. The van der Waals surface area contributed by atoms with Gasteiger partial charge in [0, 0.05) is 33.0 Å². The molecule has 2 heterocycles. The molecule has 1 N–H and O–H groups in total. The Balaban J connectivity index is 2.47. The highest BCUT2D eigenvalue weighted by atomic mass is 35.5. The van der Waals surface area contributed by atoms with Crippen molar-refractivity contribution < 1.29 is 13.6 Å². The number of anilines is 1. The van der Waals surface area contributed by atoms with Crippen molar-refractivity contribution >= 4 is 23.3 Å². The van der Waals surface area contributed by atoms with Gasteiger partial charge in [0.25, 0.3) is 5.91 Å². The first kappa shape index (κ1) is 16.9. The number of hydrogen-bond acceptors (Lipinski definition) is 3. The van der Waals surface area contributed by atoms with Gasteiger partial charge < -0.3 is 10.2 Å². The Hall–Kier alpha value is -1.43. The van der Waals surface area contributed by atoms with Gasteiger partial charge in [-0.2, -0.15) is 0 Å². The zero-order chi connectivity index (χ0) is 16.5. The number of rotatable bonds is 2. The van der Waals surface area contributed by atoms with Crippen LogP contribution in [0.5, 0.6) is 0 Å². The average molecular weight is 332 g/mol. The number of alkyl halides is 2. The molecule has 0 bridgehead atoms. The number of nitrogens with zero attached hydrogens (tertiary/aromatic N) is 2. The van der Waals surface area contributed by atoms with Crippen molar-refractivity contribution in [1.29, 1.82) is 0 Å². The third-order valence-corrected chi connectivity index (χ3v) is 4.55. The molecule has 1 aliphatic heterocycles. The summed E-state index contributed by atoms with van der Waals surface area (Å²) in [5.41, 5.74) is 1.58. The van der Waals surface area contributed by atoms with Gasteiger partial charge in [0.1, 0.15) is 5.82 Å². The molecule has 0 atom stereocenters. The second-order valence-corrected chi connectivity index (χ2v) is 5.99. The van der Waals surface area contributed by atoms with Crippen LogP contribution >= 0.6 is 11.6 Å². The van der Waals surface area contributed by atoms with Gasteiger partial charge in [-0.05, 0) is 25.8 Å². The van der Waals surface area contributed by atoms with Crippen LogP contribution in [0.2, 0.25) is 5.02 Å². The fraction of sp³-hybridized carbons (Fsp3) is 0.600. The van der Waals surface area contributed by atoms with Crippen molar-refractivity contribution in [2.75, 3.05) is 25.0 Å². The first-order chi connectivity index (χ1) is 10.3. The summed E-state index contributed by atoms with van der Waals surface area (Å²) in [5.74, 6) is -2.52. The predicted octanol–water partition coefficient (Wildman–Crippen LogP) is 3.34. The zero-order valence-corrected chi connectivity index (χ0v) is 13.7. The van der Waals surface area contributed by atoms with Crippen LogP contribution in [0.1, 0.15) is 40.9 Å². The lowest BCUT2D eigenvalue weighted by Crippen LogP contribution is -2.31. The molecule has 4 nitrogen and oxygen atoms in total. The van der Waals surface area contributed by atoms with E-state index in [2.05, 4.69) is 10.3 Å². The Bertz CT molecular complexity index is 593. The summed E-state index contributed by atoms with van der Waals surface area (Å²) in [5, 5.41) is 3.00. The van der Waals surface area contributed by atoms with Crippen LogP contribution in [0.25, 0.3) is 0 Å². The number of amides is 1. The Labute approximate surface area is 133 Å². The fourth-order valence-electron chi connectivity index (χ4n) is 2.71. The minimum absolute atomic E-state index is 0.135. The first-order valence-electron chi connectivity index (χ1n) is 7.28. The lowest BCUT2D eigenvalue weighted by molar-refractivity contribution is -0.0102. The maximum absolute atomic E-state index is 13.6. The van der Waals surface area contributed by atoms with Crippen LogP contribution < -0.4 is 10.2 Å². The smallest absolute Gasteiger partial charge is 0.255 e. The summed E-state index contributed by atoms with van der Waals surface area (Å²) in [6, 6.07) is 0. The highest BCUT2D eigenvalue weighted by Gasteiger charge is 2.33. The van der Waals surface area contributed by atoms with Gasteiger partial charge in [-0.25, -0.2) is 13.8 Å². The largest absolute Gasteiger partial charge is 0.356 e. The van der Waals surface area contributed by atoms with Gasteiger partial charge >= 0.3 is 0 Å². The maximum atomic E-state index is 13.6. The summed E-state index contributed by atoms with van der Waals surface area (Å²) < 4.78 is 27.1. The van der Waals surface area contributed by atoms with Gasteiger partial charge in [-0.3, -0.25) is 4.79 Å². The van der Waals surface area contributed by atoms with Crippen molar-refractivity contribution in [3.05, 3.63) is 21.8 Å². The van der Waals surface area contributed by atoms with Crippen LogP contribution in [0, 0.1) is 13.8 Å². The number of aromatic nitrogens is 1. The SMILES string of the molecule is CNC(=O)c1c(N2CCCC(F)(F)CC2)nc(C)c(Cl)c1C. The Kier molecular flexibility index (Phi) is 4.90. The predicted molar refractivity (Wildman–Crippen MR) is 83.1 cm³/mol. The zero-order valence-electron chi connectivity index (χ0n) is 13.0. The summed E-state index contributed by atoms with van der Waals surface area (Å²) in [6.45, 7) is 4.12. The summed E-state index contributed by atoms with van der Waals surface area (Å²) in [4.78, 5) is 18.4. The molecular weight excluding hydrogens is 312 g/mol. The number of hydrogen-bond donors (Lipinski definition) is 1. The van der Waals surface area contributed by atoms with E-state index < -0.39 is 5.92 Å². The maximum Gasteiger partial charge on any atom is 0.255 e. The molecule has 122 valence electrons. The molecule has 1 aliphatic rings. The number of aryl methyl sites for hydroxylation is 1.